The van der Waals surface area contributed by atoms with Crippen molar-refractivity contribution >= 4 is 22.7 Å². The van der Waals surface area contributed by atoms with E-state index >= 15 is 0 Å². The fourth-order valence-electron chi connectivity index (χ4n) is 2.92. The number of aryl methyl sites for hydroxylation is 2. The van der Waals surface area contributed by atoms with Gasteiger partial charge in [-0.3, -0.25) is 4.79 Å². The van der Waals surface area contributed by atoms with E-state index in [9.17, 15) is 9.59 Å². The summed E-state index contributed by atoms with van der Waals surface area (Å²) in [4.78, 5) is 25.0. The van der Waals surface area contributed by atoms with Crippen LogP contribution in [-0.2, 0) is 16.1 Å². The minimum atomic E-state index is -0.667. The molecule has 0 saturated carbocycles. The highest BCUT2D eigenvalue weighted by Crippen LogP contribution is 2.27. The van der Waals surface area contributed by atoms with Gasteiger partial charge in [-0.25, -0.2) is 4.79 Å². The highest BCUT2D eigenvalue weighted by atomic mass is 16.5. The lowest BCUT2D eigenvalue weighted by Gasteiger charge is -2.07. The molecule has 5 heteroatoms. The van der Waals surface area contributed by atoms with Crippen LogP contribution < -0.4 is 0 Å². The number of para-hydroxylation sites is 1. The first-order valence-corrected chi connectivity index (χ1v) is 8.87. The van der Waals surface area contributed by atoms with Crippen molar-refractivity contribution < 1.29 is 23.5 Å². The molecule has 0 bridgehead atoms. The van der Waals surface area contributed by atoms with Crippen molar-refractivity contribution in [2.75, 3.05) is 13.2 Å². The highest BCUT2D eigenvalue weighted by Gasteiger charge is 2.23. The third-order valence-electron chi connectivity index (χ3n) is 4.36. The van der Waals surface area contributed by atoms with Crippen LogP contribution in [0.15, 0.2) is 46.9 Å². The molecule has 0 fully saturated rings. The summed E-state index contributed by atoms with van der Waals surface area (Å²) in [6, 6.07) is 13.0. The molecule has 0 N–H and O–H groups in total. The molecule has 0 atom stereocenters. The van der Waals surface area contributed by atoms with Gasteiger partial charge < -0.3 is 13.9 Å². The Morgan fingerprint density at radius 2 is 1.85 bits per heavy atom. The second-order valence-corrected chi connectivity index (χ2v) is 6.36. The van der Waals surface area contributed by atoms with Crippen LogP contribution >= 0.6 is 0 Å². The van der Waals surface area contributed by atoms with Gasteiger partial charge in [0.1, 0.15) is 5.58 Å². The molecule has 1 aromatic heterocycles. The Hall–Kier alpha value is -2.92. The van der Waals surface area contributed by atoms with Gasteiger partial charge in [-0.05, 0) is 38.5 Å². The quantitative estimate of drug-likeness (QED) is 0.451. The van der Waals surface area contributed by atoms with Gasteiger partial charge in [0.15, 0.2) is 6.61 Å². The Kier molecular flexibility index (Phi) is 5.72. The first kappa shape index (κ1) is 18.9. The topological polar surface area (TPSA) is 65.7 Å². The number of hydrogen-bond donors (Lipinski definition) is 0. The smallest absolute Gasteiger partial charge is 0.375 e. The van der Waals surface area contributed by atoms with E-state index in [0.717, 1.165) is 16.5 Å². The molecule has 0 radical (unpaired) electrons. The third kappa shape index (κ3) is 4.09. The predicted octanol–water partition coefficient (Wildman–Crippen LogP) is 4.63. The molecular formula is C22H22O5. The fraction of sp³-hybridized carbons (Fsp3) is 0.273. The lowest BCUT2D eigenvalue weighted by Crippen LogP contribution is -2.16. The zero-order valence-electron chi connectivity index (χ0n) is 15.7. The number of ether oxygens (including phenoxy) is 2. The molecular weight excluding hydrogens is 344 g/mol. The van der Waals surface area contributed by atoms with Gasteiger partial charge in [-0.15, -0.1) is 0 Å². The first-order chi connectivity index (χ1) is 13.0. The first-order valence-electron chi connectivity index (χ1n) is 8.87. The summed E-state index contributed by atoms with van der Waals surface area (Å²) in [5.41, 5.74) is 3.60. The zero-order valence-corrected chi connectivity index (χ0v) is 15.7. The molecule has 140 valence electrons. The van der Waals surface area contributed by atoms with E-state index in [0.29, 0.717) is 23.3 Å². The Balaban J connectivity index is 1.79. The minimum absolute atomic E-state index is 0.0819. The van der Waals surface area contributed by atoms with Crippen LogP contribution in [0.1, 0.15) is 44.5 Å². The summed E-state index contributed by atoms with van der Waals surface area (Å²) >= 11 is 0. The average molecular weight is 366 g/mol. The summed E-state index contributed by atoms with van der Waals surface area (Å²) in [6.45, 7) is 6.06. The average Bonchev–Trinajstić information content (AvgIpc) is 3.04. The second kappa shape index (κ2) is 8.18. The Bertz CT molecular complexity index is 984. The second-order valence-electron chi connectivity index (χ2n) is 6.36. The van der Waals surface area contributed by atoms with E-state index in [1.807, 2.05) is 51.1 Å². The van der Waals surface area contributed by atoms with E-state index in [-0.39, 0.29) is 24.8 Å². The molecule has 0 unspecified atom stereocenters. The van der Waals surface area contributed by atoms with Crippen molar-refractivity contribution in [1.82, 2.24) is 0 Å². The number of rotatable bonds is 7. The van der Waals surface area contributed by atoms with Crippen molar-refractivity contribution in [3.8, 4) is 0 Å². The van der Waals surface area contributed by atoms with Crippen LogP contribution in [0, 0.1) is 13.8 Å². The van der Waals surface area contributed by atoms with Crippen LogP contribution in [-0.4, -0.2) is 25.0 Å². The summed E-state index contributed by atoms with van der Waals surface area (Å²) in [5.74, 6) is -0.829. The van der Waals surface area contributed by atoms with Crippen LogP contribution in [0.3, 0.4) is 0 Å². The van der Waals surface area contributed by atoms with Crippen LogP contribution in [0.2, 0.25) is 0 Å². The molecule has 0 amide bonds. The van der Waals surface area contributed by atoms with Crippen molar-refractivity contribution in [2.24, 2.45) is 0 Å². The lowest BCUT2D eigenvalue weighted by atomic mass is 10.0. The maximum absolute atomic E-state index is 12.6. The van der Waals surface area contributed by atoms with Gasteiger partial charge in [0.2, 0.25) is 11.5 Å². The van der Waals surface area contributed by atoms with Crippen molar-refractivity contribution in [3.05, 3.63) is 70.5 Å². The highest BCUT2D eigenvalue weighted by molar-refractivity contribution is 6.01. The zero-order chi connectivity index (χ0) is 19.4. The van der Waals surface area contributed by atoms with E-state index in [2.05, 4.69) is 0 Å². The fourth-order valence-corrected chi connectivity index (χ4v) is 2.92. The van der Waals surface area contributed by atoms with Crippen molar-refractivity contribution in [2.45, 2.75) is 27.4 Å². The third-order valence-corrected chi connectivity index (χ3v) is 4.36. The van der Waals surface area contributed by atoms with Crippen LogP contribution in [0.25, 0.3) is 11.0 Å². The van der Waals surface area contributed by atoms with Crippen LogP contribution in [0.4, 0.5) is 0 Å². The summed E-state index contributed by atoms with van der Waals surface area (Å²) in [5, 5.41) is 0.804. The molecule has 1 heterocycles. The van der Waals surface area contributed by atoms with E-state index < -0.39 is 5.97 Å². The van der Waals surface area contributed by atoms with E-state index in [1.165, 1.54) is 0 Å². The van der Waals surface area contributed by atoms with Gasteiger partial charge >= 0.3 is 5.97 Å². The van der Waals surface area contributed by atoms with E-state index in [1.54, 1.807) is 12.1 Å². The number of fused-ring (bicyclic) bond motifs is 1. The molecule has 0 aliphatic heterocycles. The number of ketones is 1. The standard InChI is InChI=1S/C22H22O5/c1-4-25-12-18-16-7-5-6-8-20(16)27-21(18)22(24)26-13-19(23)17-11-14(2)9-10-15(17)3/h5-11H,4,12-13H2,1-3H3. The normalized spacial score (nSPS) is 10.9. The molecule has 2 aromatic carbocycles. The van der Waals surface area contributed by atoms with Crippen LogP contribution in [0.5, 0.6) is 0 Å². The van der Waals surface area contributed by atoms with Gasteiger partial charge in [0.25, 0.3) is 0 Å². The Morgan fingerprint density at radius 3 is 2.63 bits per heavy atom. The summed E-state index contributed by atoms with van der Waals surface area (Å²) < 4.78 is 16.4. The summed E-state index contributed by atoms with van der Waals surface area (Å²) in [7, 11) is 0. The van der Waals surface area contributed by atoms with Gasteiger partial charge in [0, 0.05) is 23.1 Å². The number of furan rings is 1. The maximum atomic E-state index is 12.6. The number of carbonyl (C=O) groups is 2. The number of carbonyl (C=O) groups excluding carboxylic acids is 2. The predicted molar refractivity (Wildman–Crippen MR) is 102 cm³/mol. The number of hydrogen-bond acceptors (Lipinski definition) is 5. The van der Waals surface area contributed by atoms with Crippen molar-refractivity contribution in [1.29, 1.82) is 0 Å². The number of benzene rings is 2. The van der Waals surface area contributed by atoms with Gasteiger partial charge in [-0.2, -0.15) is 0 Å². The van der Waals surface area contributed by atoms with Crippen molar-refractivity contribution in [3.63, 3.8) is 0 Å². The Morgan fingerprint density at radius 1 is 1.07 bits per heavy atom. The Labute approximate surface area is 157 Å². The monoisotopic (exact) mass is 366 g/mol. The van der Waals surface area contributed by atoms with Gasteiger partial charge in [0.05, 0.1) is 6.61 Å². The number of Topliss-reactive ketones (excluding diaryl/α,β-unsaturated/α-hetero) is 1. The minimum Gasteiger partial charge on any atom is -0.451 e. The molecule has 5 nitrogen and oxygen atoms in total. The van der Waals surface area contributed by atoms with E-state index in [4.69, 9.17) is 13.9 Å². The largest absolute Gasteiger partial charge is 0.451 e. The number of esters is 1. The molecule has 3 aromatic rings. The molecule has 0 saturated heterocycles. The molecule has 3 rings (SSSR count). The lowest BCUT2D eigenvalue weighted by molar-refractivity contribution is 0.0438. The maximum Gasteiger partial charge on any atom is 0.375 e. The molecule has 0 aliphatic rings. The molecule has 27 heavy (non-hydrogen) atoms. The SMILES string of the molecule is CCOCc1c(C(=O)OCC(=O)c2cc(C)ccc2C)oc2ccccc12. The van der Waals surface area contributed by atoms with Gasteiger partial charge in [-0.1, -0.05) is 35.9 Å². The molecule has 0 spiro atoms. The summed E-state index contributed by atoms with van der Waals surface area (Å²) in [6.07, 6.45) is 0. The molecule has 0 aliphatic carbocycles.